The van der Waals surface area contributed by atoms with Crippen molar-refractivity contribution in [1.29, 1.82) is 0 Å². The number of anilines is 1. The lowest BCUT2D eigenvalue weighted by Crippen LogP contribution is -2.52. The Balaban J connectivity index is 1.24. The first kappa shape index (κ1) is 22.2. The Labute approximate surface area is 195 Å². The van der Waals surface area contributed by atoms with Crippen molar-refractivity contribution in [2.45, 2.75) is 32.8 Å². The molecule has 2 saturated heterocycles. The van der Waals surface area contributed by atoms with Crippen LogP contribution in [0, 0.1) is 18.8 Å². The van der Waals surface area contributed by atoms with Crippen LogP contribution >= 0.6 is 0 Å². The largest absolute Gasteiger partial charge is 0.470 e. The van der Waals surface area contributed by atoms with Gasteiger partial charge in [-0.15, -0.1) is 15.3 Å². The van der Waals surface area contributed by atoms with E-state index in [4.69, 9.17) is 4.74 Å². The number of nitrogens with one attached hydrogen (secondary N) is 1. The maximum absolute atomic E-state index is 12.8. The van der Waals surface area contributed by atoms with Crippen LogP contribution in [0.1, 0.15) is 36.2 Å². The molecule has 0 aliphatic carbocycles. The van der Waals surface area contributed by atoms with Crippen LogP contribution in [0.3, 0.4) is 0 Å². The number of benzene rings is 1. The van der Waals surface area contributed by atoms with Gasteiger partial charge >= 0.3 is 0 Å². The average Bonchev–Trinajstić information content (AvgIpc) is 3.23. The first-order valence-electron chi connectivity index (χ1n) is 11.3. The van der Waals surface area contributed by atoms with Crippen LogP contribution < -0.4 is 15.0 Å². The minimum Gasteiger partial charge on any atom is -0.470 e. The SMILES string of the molecule is Cc1nnn(-c2ccc(C(F)F)cc2)c1COc1ccc(N2CC[C@H]3CCNC(=O)[C@@H]3C2)nn1. The summed E-state index contributed by atoms with van der Waals surface area (Å²) in [5, 5.41) is 19.6. The van der Waals surface area contributed by atoms with E-state index in [1.165, 1.54) is 12.1 Å². The Morgan fingerprint density at radius 3 is 2.68 bits per heavy atom. The van der Waals surface area contributed by atoms with E-state index in [9.17, 15) is 13.6 Å². The third-order valence-electron chi connectivity index (χ3n) is 6.56. The molecule has 34 heavy (non-hydrogen) atoms. The molecule has 5 rings (SSSR count). The quantitative estimate of drug-likeness (QED) is 0.593. The predicted molar refractivity (Wildman–Crippen MR) is 119 cm³/mol. The number of aryl methyl sites for hydroxylation is 1. The van der Waals surface area contributed by atoms with Crippen LogP contribution in [-0.4, -0.2) is 50.7 Å². The summed E-state index contributed by atoms with van der Waals surface area (Å²) >= 11 is 0. The zero-order valence-electron chi connectivity index (χ0n) is 18.7. The normalized spacial score (nSPS) is 20.2. The summed E-state index contributed by atoms with van der Waals surface area (Å²) in [6, 6.07) is 9.47. The van der Waals surface area contributed by atoms with Crippen molar-refractivity contribution >= 4 is 11.7 Å². The maximum atomic E-state index is 12.8. The average molecular weight is 469 g/mol. The van der Waals surface area contributed by atoms with E-state index in [-0.39, 0.29) is 24.0 Å². The van der Waals surface area contributed by atoms with Crippen LogP contribution in [0.4, 0.5) is 14.6 Å². The van der Waals surface area contributed by atoms with Crippen molar-refractivity contribution in [3.63, 3.8) is 0 Å². The fourth-order valence-electron chi connectivity index (χ4n) is 4.57. The number of halogens is 2. The molecule has 1 amide bonds. The number of aromatic nitrogens is 5. The number of piperidine rings is 2. The third kappa shape index (κ3) is 4.42. The van der Waals surface area contributed by atoms with Gasteiger partial charge in [0, 0.05) is 31.3 Å². The number of carbonyl (C=O) groups is 1. The first-order valence-corrected chi connectivity index (χ1v) is 11.3. The molecule has 178 valence electrons. The molecule has 2 aromatic heterocycles. The number of hydrogen-bond donors (Lipinski definition) is 1. The molecule has 0 radical (unpaired) electrons. The van der Waals surface area contributed by atoms with Gasteiger partial charge in [0.05, 0.1) is 17.3 Å². The lowest BCUT2D eigenvalue weighted by Gasteiger charge is -2.40. The van der Waals surface area contributed by atoms with E-state index in [1.54, 1.807) is 29.8 Å². The number of amides is 1. The predicted octanol–water partition coefficient (Wildman–Crippen LogP) is 2.84. The van der Waals surface area contributed by atoms with E-state index in [0.29, 0.717) is 41.2 Å². The maximum Gasteiger partial charge on any atom is 0.263 e. The first-order chi connectivity index (χ1) is 16.5. The molecule has 4 heterocycles. The molecule has 2 aliphatic heterocycles. The Kier molecular flexibility index (Phi) is 6.08. The highest BCUT2D eigenvalue weighted by atomic mass is 19.3. The molecule has 0 saturated carbocycles. The number of rotatable bonds is 6. The fraction of sp³-hybridized carbons (Fsp3) is 0.435. The van der Waals surface area contributed by atoms with Crippen molar-refractivity contribution in [1.82, 2.24) is 30.5 Å². The Hall–Kier alpha value is -3.63. The number of ether oxygens (including phenoxy) is 1. The van der Waals surface area contributed by atoms with Crippen LogP contribution in [0.5, 0.6) is 5.88 Å². The van der Waals surface area contributed by atoms with Gasteiger partial charge in [-0.25, -0.2) is 13.5 Å². The Bertz CT molecular complexity index is 1150. The number of nitrogens with zero attached hydrogens (tertiary/aromatic N) is 6. The Morgan fingerprint density at radius 2 is 1.94 bits per heavy atom. The van der Waals surface area contributed by atoms with Gasteiger partial charge in [0.15, 0.2) is 5.82 Å². The summed E-state index contributed by atoms with van der Waals surface area (Å²) in [6.45, 7) is 4.19. The van der Waals surface area contributed by atoms with Crippen molar-refractivity contribution < 1.29 is 18.3 Å². The lowest BCUT2D eigenvalue weighted by atomic mass is 9.80. The topological polar surface area (TPSA) is 98.1 Å². The van der Waals surface area contributed by atoms with Crippen molar-refractivity contribution in [2.24, 2.45) is 11.8 Å². The van der Waals surface area contributed by atoms with Crippen LogP contribution in [0.15, 0.2) is 36.4 Å². The molecular weight excluding hydrogens is 444 g/mol. The molecule has 1 aromatic carbocycles. The molecule has 11 heteroatoms. The molecular formula is C23H25F2N7O2. The monoisotopic (exact) mass is 469 g/mol. The summed E-state index contributed by atoms with van der Waals surface area (Å²) < 4.78 is 33.1. The third-order valence-corrected chi connectivity index (χ3v) is 6.56. The summed E-state index contributed by atoms with van der Waals surface area (Å²) in [7, 11) is 0. The summed E-state index contributed by atoms with van der Waals surface area (Å²) in [4.78, 5) is 14.3. The molecule has 2 aliphatic rings. The second-order valence-electron chi connectivity index (χ2n) is 8.62. The Morgan fingerprint density at radius 1 is 1.12 bits per heavy atom. The second kappa shape index (κ2) is 9.32. The minimum atomic E-state index is -2.53. The van der Waals surface area contributed by atoms with Crippen LogP contribution in [-0.2, 0) is 11.4 Å². The van der Waals surface area contributed by atoms with E-state index in [2.05, 4.69) is 30.7 Å². The van der Waals surface area contributed by atoms with Crippen molar-refractivity contribution in [2.75, 3.05) is 24.5 Å². The smallest absolute Gasteiger partial charge is 0.263 e. The van der Waals surface area contributed by atoms with Gasteiger partial charge < -0.3 is 15.0 Å². The highest BCUT2D eigenvalue weighted by Crippen LogP contribution is 2.31. The molecule has 3 aromatic rings. The number of carbonyl (C=O) groups excluding carboxylic acids is 1. The standard InChI is InChI=1S/C23H25F2N7O2/c1-14-19(32(30-27-14)17-4-2-16(3-5-17)22(24)25)13-34-21-7-6-20(28-29-21)31-11-9-15-8-10-26-23(33)18(15)12-31/h2-7,15,18,22H,8-13H2,1H3,(H,26,33)/t15-,18-/m1/s1. The second-order valence-corrected chi connectivity index (χ2v) is 8.62. The van der Waals surface area contributed by atoms with Crippen LogP contribution in [0.25, 0.3) is 5.69 Å². The number of fused-ring (bicyclic) bond motifs is 1. The zero-order chi connectivity index (χ0) is 23.7. The molecule has 2 fully saturated rings. The summed E-state index contributed by atoms with van der Waals surface area (Å²) in [5.74, 6) is 1.61. The minimum absolute atomic E-state index is 0.00857. The number of alkyl halides is 2. The summed E-state index contributed by atoms with van der Waals surface area (Å²) in [5.41, 5.74) is 1.90. The van der Waals surface area contributed by atoms with Gasteiger partial charge in [0.1, 0.15) is 12.3 Å². The van der Waals surface area contributed by atoms with Gasteiger partial charge in [0.25, 0.3) is 6.43 Å². The molecule has 2 atom stereocenters. The highest BCUT2D eigenvalue weighted by molar-refractivity contribution is 5.80. The van der Waals surface area contributed by atoms with Crippen molar-refractivity contribution in [3.05, 3.63) is 53.3 Å². The zero-order valence-corrected chi connectivity index (χ0v) is 18.7. The molecule has 0 unspecified atom stereocenters. The van der Waals surface area contributed by atoms with Gasteiger partial charge in [-0.1, -0.05) is 17.3 Å². The van der Waals surface area contributed by atoms with E-state index in [0.717, 1.165) is 25.9 Å². The molecule has 0 bridgehead atoms. The van der Waals surface area contributed by atoms with Gasteiger partial charge in [0.2, 0.25) is 11.8 Å². The molecule has 9 nitrogen and oxygen atoms in total. The van der Waals surface area contributed by atoms with Gasteiger partial charge in [-0.2, -0.15) is 0 Å². The summed E-state index contributed by atoms with van der Waals surface area (Å²) in [6.07, 6.45) is -0.529. The molecule has 1 N–H and O–H groups in total. The van der Waals surface area contributed by atoms with E-state index < -0.39 is 6.43 Å². The number of hydrogen-bond acceptors (Lipinski definition) is 7. The highest BCUT2D eigenvalue weighted by Gasteiger charge is 2.37. The van der Waals surface area contributed by atoms with Gasteiger partial charge in [-0.3, -0.25) is 4.79 Å². The van der Waals surface area contributed by atoms with E-state index >= 15 is 0 Å². The van der Waals surface area contributed by atoms with Crippen molar-refractivity contribution in [3.8, 4) is 11.6 Å². The van der Waals surface area contributed by atoms with E-state index in [1.807, 2.05) is 6.07 Å². The molecule has 0 spiro atoms. The van der Waals surface area contributed by atoms with Crippen LogP contribution in [0.2, 0.25) is 0 Å². The lowest BCUT2D eigenvalue weighted by molar-refractivity contribution is -0.129. The van der Waals surface area contributed by atoms with Gasteiger partial charge in [-0.05, 0) is 43.9 Å². The fourth-order valence-corrected chi connectivity index (χ4v) is 4.57.